The van der Waals surface area contributed by atoms with E-state index in [1.807, 2.05) is 0 Å². The normalized spacial score (nSPS) is 19.8. The molecule has 2 aliphatic rings. The summed E-state index contributed by atoms with van der Waals surface area (Å²) < 4.78 is 318. The zero-order chi connectivity index (χ0) is 39.0. The van der Waals surface area contributed by atoms with Crippen molar-refractivity contribution in [3.63, 3.8) is 0 Å². The number of benzene rings is 4. The van der Waals surface area contributed by atoms with Crippen molar-refractivity contribution in [3.05, 3.63) is 121 Å². The van der Waals surface area contributed by atoms with Gasteiger partial charge in [-0.05, 0) is 0 Å². The fourth-order valence-corrected chi connectivity index (χ4v) is 5.41. The number of hydrogen-bond donors (Lipinski definition) is 0. The summed E-state index contributed by atoms with van der Waals surface area (Å²) in [7, 11) is -4.72. The zero-order valence-corrected chi connectivity index (χ0v) is 23.3. The molecule has 0 radical (unpaired) electrons. The maximum atomic E-state index is 16.4. The van der Waals surface area contributed by atoms with Gasteiger partial charge in [-0.3, -0.25) is 0 Å². The highest BCUT2D eigenvalue weighted by atomic mass is 19.2. The van der Waals surface area contributed by atoms with Gasteiger partial charge in [0, 0.05) is 10.8 Å². The monoisotopic (exact) mass is 778 g/mol. The predicted molar refractivity (Wildman–Crippen MR) is 128 cm³/mol. The molecule has 0 N–H and O–H groups in total. The van der Waals surface area contributed by atoms with Crippen LogP contribution in [0, 0.1) is 87.3 Å². The van der Waals surface area contributed by atoms with E-state index >= 15 is 26.3 Å². The van der Waals surface area contributed by atoms with E-state index in [9.17, 15) is 65.9 Å². The highest BCUT2D eigenvalue weighted by molar-refractivity contribution is 6.65. The largest absolute Gasteiger partial charge is 0.503 e. The Hall–Kier alpha value is -4.87. The summed E-state index contributed by atoms with van der Waals surface area (Å²) in [5, 5.41) is -5.40. The van der Waals surface area contributed by atoms with Crippen LogP contribution in [0.1, 0.15) is 22.3 Å². The molecule has 0 fully saturated rings. The van der Waals surface area contributed by atoms with E-state index in [1.165, 1.54) is 0 Å². The second-order valence-electron chi connectivity index (χ2n) is 10.4. The van der Waals surface area contributed by atoms with E-state index in [1.54, 1.807) is 0 Å². The Kier molecular flexibility index (Phi) is 8.21. The van der Waals surface area contributed by atoms with Crippen LogP contribution in [0.25, 0.3) is 22.4 Å². The molecule has 2 unspecified atom stereocenters. The number of halogens is 21. The highest BCUT2D eigenvalue weighted by Gasteiger charge is 2.61. The molecule has 0 amide bonds. The smallest absolute Gasteiger partial charge is 0.366 e. The third kappa shape index (κ3) is 4.41. The molecule has 2 atom stereocenters. The van der Waals surface area contributed by atoms with Crippen LogP contribution < -0.4 is 5.46 Å². The summed E-state index contributed by atoms with van der Waals surface area (Å²) in [5.74, 6) is -71.8. The van der Waals surface area contributed by atoms with Gasteiger partial charge in [0.25, 0.3) is 11.7 Å². The van der Waals surface area contributed by atoms with E-state index < -0.39 is 168 Å². The van der Waals surface area contributed by atoms with Gasteiger partial charge in [0.15, 0.2) is 98.9 Å². The molecule has 4 aromatic carbocycles. The molecule has 2 aliphatic carbocycles. The lowest BCUT2D eigenvalue weighted by atomic mass is 9.73. The molecule has 4 aromatic rings. The zero-order valence-electron chi connectivity index (χ0n) is 23.3. The van der Waals surface area contributed by atoms with Gasteiger partial charge in [-0.1, -0.05) is 0 Å². The fourth-order valence-electron chi connectivity index (χ4n) is 5.41. The summed E-state index contributed by atoms with van der Waals surface area (Å²) in [5.41, 5.74) is -14.0. The Morgan fingerprint density at radius 1 is 0.327 bits per heavy atom. The van der Waals surface area contributed by atoms with Crippen molar-refractivity contribution >= 4 is 35.0 Å². The van der Waals surface area contributed by atoms with Gasteiger partial charge in [-0.2, -0.15) is 8.78 Å². The Morgan fingerprint density at radius 2 is 0.615 bits per heavy atom. The first kappa shape index (κ1) is 36.9. The van der Waals surface area contributed by atoms with Gasteiger partial charge in [-0.25, -0.2) is 83.4 Å². The number of hydrogen-bond acceptors (Lipinski definition) is 2. The summed E-state index contributed by atoms with van der Waals surface area (Å²) in [6, 6.07) is 0. The van der Waals surface area contributed by atoms with E-state index in [4.69, 9.17) is 0 Å². The molecular weight excluding hydrogens is 778 g/mol. The second-order valence-corrected chi connectivity index (χ2v) is 10.4. The van der Waals surface area contributed by atoms with Crippen molar-refractivity contribution in [3.8, 4) is 0 Å². The van der Waals surface area contributed by atoms with E-state index in [0.717, 1.165) is 0 Å². The molecule has 0 spiro atoms. The molecule has 24 heteroatoms. The van der Waals surface area contributed by atoms with Crippen LogP contribution in [0.5, 0.6) is 0 Å². The Bertz CT molecular complexity index is 2300. The molecule has 2 nitrogen and oxygen atoms in total. The SMILES string of the molecule is FC1=C(F)C(F)(OB(OC2(F)C(F)=C(F)c3c(F)c(F)c(F)c(F)c32)c2c(F)c(F)c(F)c3c(F)c(F)c(F)c(F)c23)c2c(F)c(F)c(F)c(F)c21. The van der Waals surface area contributed by atoms with Crippen LogP contribution >= 0.6 is 0 Å². The van der Waals surface area contributed by atoms with Gasteiger partial charge in [0.1, 0.15) is 0 Å². The van der Waals surface area contributed by atoms with Gasteiger partial charge in [0.05, 0.1) is 27.6 Å². The Labute approximate surface area is 270 Å². The molecule has 0 saturated carbocycles. The van der Waals surface area contributed by atoms with Crippen LogP contribution in [-0.2, 0) is 21.0 Å². The quantitative estimate of drug-likeness (QED) is 0.0871. The van der Waals surface area contributed by atoms with Crippen LogP contribution in [0.3, 0.4) is 0 Å². The van der Waals surface area contributed by atoms with E-state index in [0.29, 0.717) is 0 Å². The third-order valence-electron chi connectivity index (χ3n) is 7.72. The Balaban J connectivity index is 1.75. The summed E-state index contributed by atoms with van der Waals surface area (Å²) in [6.45, 7) is 0. The number of fused-ring (bicyclic) bond motifs is 3. The Morgan fingerprint density at radius 3 is 0.981 bits per heavy atom. The molecule has 0 aromatic heterocycles. The predicted octanol–water partition coefficient (Wildman–Crippen LogP) is 9.54. The molecule has 274 valence electrons. The summed E-state index contributed by atoms with van der Waals surface area (Å²) in [4.78, 5) is 0. The lowest BCUT2D eigenvalue weighted by Crippen LogP contribution is -2.50. The third-order valence-corrected chi connectivity index (χ3v) is 7.72. The van der Waals surface area contributed by atoms with Crippen LogP contribution in [0.4, 0.5) is 92.2 Å². The lowest BCUT2D eigenvalue weighted by Gasteiger charge is -2.31. The second kappa shape index (κ2) is 11.6. The minimum absolute atomic E-state index is 2.62. The van der Waals surface area contributed by atoms with E-state index in [2.05, 4.69) is 9.31 Å². The average molecular weight is 778 g/mol. The minimum Gasteiger partial charge on any atom is -0.366 e. The van der Waals surface area contributed by atoms with Crippen molar-refractivity contribution in [2.45, 2.75) is 11.7 Å². The summed E-state index contributed by atoms with van der Waals surface area (Å²) >= 11 is 0. The van der Waals surface area contributed by atoms with Crippen molar-refractivity contribution < 1.29 is 102 Å². The van der Waals surface area contributed by atoms with Crippen molar-refractivity contribution in [1.82, 2.24) is 0 Å². The van der Waals surface area contributed by atoms with Crippen LogP contribution in [0.2, 0.25) is 0 Å². The highest BCUT2D eigenvalue weighted by Crippen LogP contribution is 2.56. The topological polar surface area (TPSA) is 18.5 Å². The molecular formula is C28BF21O2. The summed E-state index contributed by atoms with van der Waals surface area (Å²) in [6.07, 6.45) is 0. The average Bonchev–Trinajstić information content (AvgIpc) is 3.42. The molecule has 0 aliphatic heterocycles. The van der Waals surface area contributed by atoms with Crippen LogP contribution in [0.15, 0.2) is 11.7 Å². The van der Waals surface area contributed by atoms with Crippen molar-refractivity contribution in [2.75, 3.05) is 0 Å². The molecule has 0 heterocycles. The maximum Gasteiger partial charge on any atom is 0.503 e. The van der Waals surface area contributed by atoms with Crippen molar-refractivity contribution in [2.24, 2.45) is 0 Å². The first-order valence-corrected chi connectivity index (χ1v) is 12.9. The number of alkyl halides is 2. The number of rotatable bonds is 5. The van der Waals surface area contributed by atoms with Gasteiger partial charge >= 0.3 is 7.12 Å². The maximum absolute atomic E-state index is 16.4. The van der Waals surface area contributed by atoms with Gasteiger partial charge in [0.2, 0.25) is 11.7 Å². The van der Waals surface area contributed by atoms with E-state index in [-0.39, 0.29) is 0 Å². The van der Waals surface area contributed by atoms with Crippen LogP contribution in [-0.4, -0.2) is 7.12 Å². The minimum atomic E-state index is -5.71. The van der Waals surface area contributed by atoms with Crippen molar-refractivity contribution in [1.29, 1.82) is 0 Å². The lowest BCUT2D eigenvalue weighted by molar-refractivity contribution is -0.113. The molecule has 6 rings (SSSR count). The first-order chi connectivity index (χ1) is 24.0. The fraction of sp³-hybridized carbons (Fsp3) is 0.0714. The molecule has 0 saturated heterocycles. The van der Waals surface area contributed by atoms with Gasteiger partial charge < -0.3 is 9.31 Å². The van der Waals surface area contributed by atoms with Gasteiger partial charge in [-0.15, -0.1) is 0 Å². The molecule has 0 bridgehead atoms. The first-order valence-electron chi connectivity index (χ1n) is 12.9. The molecule has 52 heavy (non-hydrogen) atoms. The standard InChI is InChI=1S/C28BF21O2/c30-8-1-2(10(32)20(42)19(8)41)9(31)18(40)17(39)7(1)29(51-27(49)5-3(13(35)25(27)47)11(33)21(43)23(45)15(5)37)52-28(50)6-4(14(36)26(28)48)12(34)22(44)24(46)16(6)38.